The number of sulfonamides is 1. The predicted octanol–water partition coefficient (Wildman–Crippen LogP) is 2.16. The molecule has 3 fully saturated rings. The van der Waals surface area contributed by atoms with Gasteiger partial charge in [0.2, 0.25) is 15.9 Å². The minimum Gasteiger partial charge on any atom is -0.375 e. The maximum Gasteiger partial charge on any atom is 0.249 e. The molecule has 0 aliphatic carbocycles. The van der Waals surface area contributed by atoms with Crippen LogP contribution in [0.4, 0.5) is 4.39 Å². The second kappa shape index (κ2) is 8.90. The van der Waals surface area contributed by atoms with Crippen molar-refractivity contribution in [1.82, 2.24) is 9.21 Å². The fourth-order valence-electron chi connectivity index (χ4n) is 5.08. The fraction of sp³-hybridized carbons (Fsp3) is 0.667. The molecule has 166 valence electrons. The lowest BCUT2D eigenvalue weighted by molar-refractivity contribution is -0.144. The number of piperidine rings is 2. The quantitative estimate of drug-likeness (QED) is 0.678. The summed E-state index contributed by atoms with van der Waals surface area (Å²) in [6.07, 6.45) is 5.09. The van der Waals surface area contributed by atoms with Crippen LogP contribution in [0, 0.1) is 5.82 Å². The summed E-state index contributed by atoms with van der Waals surface area (Å²) < 4.78 is 51.4. The molecule has 0 saturated carbocycles. The van der Waals surface area contributed by atoms with Crippen molar-refractivity contribution in [1.29, 1.82) is 0 Å². The summed E-state index contributed by atoms with van der Waals surface area (Å²) in [5.41, 5.74) is 0. The SMILES string of the molecule is COCC(=O)N1[C@@H]2CC[C@H]1CC(OC1CCN(S(=O)(=O)c3ccc(F)cc3)CC1)C2. The van der Waals surface area contributed by atoms with Gasteiger partial charge in [-0.25, -0.2) is 12.8 Å². The molecule has 0 aromatic heterocycles. The number of rotatable bonds is 6. The molecule has 9 heteroatoms. The Kier molecular flexibility index (Phi) is 6.43. The Morgan fingerprint density at radius 3 is 2.20 bits per heavy atom. The Morgan fingerprint density at radius 2 is 1.63 bits per heavy atom. The molecular weight excluding hydrogens is 411 g/mol. The van der Waals surface area contributed by atoms with Gasteiger partial charge in [0.1, 0.15) is 12.4 Å². The van der Waals surface area contributed by atoms with Crippen molar-refractivity contribution in [2.75, 3.05) is 26.8 Å². The van der Waals surface area contributed by atoms with Crippen molar-refractivity contribution in [2.45, 2.75) is 67.7 Å². The minimum atomic E-state index is -3.61. The Balaban J connectivity index is 1.30. The Hall–Kier alpha value is -1.55. The summed E-state index contributed by atoms with van der Waals surface area (Å²) in [6, 6.07) is 5.39. The van der Waals surface area contributed by atoms with Crippen LogP contribution in [0.5, 0.6) is 0 Å². The second-order valence-corrected chi connectivity index (χ2v) is 10.3. The van der Waals surface area contributed by atoms with E-state index in [1.54, 1.807) is 0 Å². The fourth-order valence-corrected chi connectivity index (χ4v) is 6.55. The van der Waals surface area contributed by atoms with Crippen molar-refractivity contribution in [3.8, 4) is 0 Å². The number of amides is 1. The highest BCUT2D eigenvalue weighted by Gasteiger charge is 2.44. The van der Waals surface area contributed by atoms with Gasteiger partial charge in [-0.1, -0.05) is 0 Å². The maximum absolute atomic E-state index is 13.1. The minimum absolute atomic E-state index is 0.0234. The zero-order valence-electron chi connectivity index (χ0n) is 17.2. The molecule has 0 N–H and O–H groups in total. The van der Waals surface area contributed by atoms with Crippen LogP contribution in [-0.4, -0.2) is 74.6 Å². The third-order valence-corrected chi connectivity index (χ3v) is 8.40. The number of hydrogen-bond acceptors (Lipinski definition) is 5. The molecule has 3 heterocycles. The topological polar surface area (TPSA) is 76.2 Å². The normalized spacial score (nSPS) is 28.1. The summed E-state index contributed by atoms with van der Waals surface area (Å²) in [4.78, 5) is 14.4. The van der Waals surface area contributed by atoms with Gasteiger partial charge in [0.25, 0.3) is 0 Å². The number of benzene rings is 1. The van der Waals surface area contributed by atoms with Gasteiger partial charge in [-0.15, -0.1) is 0 Å². The molecule has 7 nitrogen and oxygen atoms in total. The number of carbonyl (C=O) groups excluding carboxylic acids is 1. The monoisotopic (exact) mass is 440 g/mol. The van der Waals surface area contributed by atoms with Gasteiger partial charge >= 0.3 is 0 Å². The highest BCUT2D eigenvalue weighted by Crippen LogP contribution is 2.38. The first-order valence-electron chi connectivity index (χ1n) is 10.6. The van der Waals surface area contributed by atoms with Gasteiger partial charge < -0.3 is 14.4 Å². The van der Waals surface area contributed by atoms with Crippen LogP contribution in [0.1, 0.15) is 38.5 Å². The highest BCUT2D eigenvalue weighted by atomic mass is 32.2. The van der Waals surface area contributed by atoms with E-state index in [1.165, 1.54) is 35.7 Å². The number of fused-ring (bicyclic) bond motifs is 2. The average Bonchev–Trinajstić information content (AvgIpc) is 3.00. The molecule has 3 aliphatic rings. The molecule has 30 heavy (non-hydrogen) atoms. The number of methoxy groups -OCH3 is 1. The van der Waals surface area contributed by atoms with Crippen LogP contribution in [0.3, 0.4) is 0 Å². The Morgan fingerprint density at radius 1 is 1.03 bits per heavy atom. The smallest absolute Gasteiger partial charge is 0.249 e. The van der Waals surface area contributed by atoms with Crippen molar-refractivity contribution in [3.63, 3.8) is 0 Å². The predicted molar refractivity (Wildman–Crippen MR) is 108 cm³/mol. The summed E-state index contributed by atoms with van der Waals surface area (Å²) in [5.74, 6) is -0.396. The molecule has 3 saturated heterocycles. The second-order valence-electron chi connectivity index (χ2n) is 8.41. The standard InChI is InChI=1S/C21H29FN2O5S/c1-28-14-21(25)24-16-4-5-17(24)13-19(12-16)29-18-8-10-23(11-9-18)30(26,27)20-6-2-15(22)3-7-20/h2-3,6-7,16-19H,4-5,8-14H2,1H3/t16-,17+,19?. The first-order chi connectivity index (χ1) is 14.4. The Bertz CT molecular complexity index is 841. The molecule has 1 unspecified atom stereocenters. The molecule has 1 aromatic rings. The van der Waals surface area contributed by atoms with E-state index in [9.17, 15) is 17.6 Å². The third kappa shape index (κ3) is 4.39. The first kappa shape index (κ1) is 21.7. The van der Waals surface area contributed by atoms with E-state index < -0.39 is 15.8 Å². The number of halogens is 1. The summed E-state index contributed by atoms with van der Waals surface area (Å²) in [7, 11) is -2.07. The van der Waals surface area contributed by atoms with Gasteiger partial charge in [-0.05, 0) is 62.8 Å². The number of nitrogens with zero attached hydrogens (tertiary/aromatic N) is 2. The van der Waals surface area contributed by atoms with Crippen LogP contribution in [-0.2, 0) is 24.3 Å². The van der Waals surface area contributed by atoms with E-state index in [-0.39, 0.29) is 41.7 Å². The van der Waals surface area contributed by atoms with Crippen LogP contribution >= 0.6 is 0 Å². The van der Waals surface area contributed by atoms with E-state index in [0.29, 0.717) is 25.9 Å². The van der Waals surface area contributed by atoms with Crippen LogP contribution in [0.2, 0.25) is 0 Å². The molecular formula is C21H29FN2O5S. The molecule has 3 aliphatic heterocycles. The van der Waals surface area contributed by atoms with Crippen LogP contribution < -0.4 is 0 Å². The molecule has 1 amide bonds. The molecule has 0 radical (unpaired) electrons. The average molecular weight is 441 g/mol. The van der Waals surface area contributed by atoms with Crippen molar-refractivity contribution < 1.29 is 27.1 Å². The van der Waals surface area contributed by atoms with Gasteiger partial charge in [0, 0.05) is 32.3 Å². The lowest BCUT2D eigenvalue weighted by atomic mass is 9.98. The lowest BCUT2D eigenvalue weighted by Crippen LogP contribution is -2.50. The lowest BCUT2D eigenvalue weighted by Gasteiger charge is -2.41. The summed E-state index contributed by atoms with van der Waals surface area (Å²) in [6.45, 7) is 0.907. The van der Waals surface area contributed by atoms with Crippen LogP contribution in [0.25, 0.3) is 0 Å². The van der Waals surface area contributed by atoms with E-state index in [4.69, 9.17) is 9.47 Å². The Labute approximate surface area is 177 Å². The van der Waals surface area contributed by atoms with Crippen molar-refractivity contribution in [2.24, 2.45) is 0 Å². The van der Waals surface area contributed by atoms with Gasteiger partial charge in [-0.3, -0.25) is 4.79 Å². The van der Waals surface area contributed by atoms with Gasteiger partial charge in [-0.2, -0.15) is 4.31 Å². The van der Waals surface area contributed by atoms with Gasteiger partial charge in [0.05, 0.1) is 17.1 Å². The largest absolute Gasteiger partial charge is 0.375 e. The van der Waals surface area contributed by atoms with E-state index in [2.05, 4.69) is 0 Å². The van der Waals surface area contributed by atoms with Crippen LogP contribution in [0.15, 0.2) is 29.2 Å². The number of hydrogen-bond donors (Lipinski definition) is 0. The van der Waals surface area contributed by atoms with Crippen molar-refractivity contribution >= 4 is 15.9 Å². The van der Waals surface area contributed by atoms with Gasteiger partial charge in [0.15, 0.2) is 0 Å². The highest BCUT2D eigenvalue weighted by molar-refractivity contribution is 7.89. The molecule has 2 bridgehead atoms. The first-order valence-corrected chi connectivity index (χ1v) is 12.0. The summed E-state index contributed by atoms with van der Waals surface area (Å²) >= 11 is 0. The molecule has 0 spiro atoms. The van der Waals surface area contributed by atoms with E-state index >= 15 is 0 Å². The third-order valence-electron chi connectivity index (χ3n) is 6.48. The molecule has 4 rings (SSSR count). The maximum atomic E-state index is 13.1. The number of carbonyl (C=O) groups is 1. The van der Waals surface area contributed by atoms with E-state index in [1.807, 2.05) is 4.90 Å². The molecule has 1 aromatic carbocycles. The zero-order valence-corrected chi connectivity index (χ0v) is 18.0. The van der Waals surface area contributed by atoms with E-state index in [0.717, 1.165) is 25.7 Å². The summed E-state index contributed by atoms with van der Waals surface area (Å²) in [5, 5.41) is 0. The molecule has 3 atom stereocenters. The van der Waals surface area contributed by atoms with Crippen molar-refractivity contribution in [3.05, 3.63) is 30.1 Å². The number of ether oxygens (including phenoxy) is 2. The zero-order chi connectivity index (χ0) is 21.3.